The average Bonchev–Trinajstić information content (AvgIpc) is 2.62. The highest BCUT2D eigenvalue weighted by Crippen LogP contribution is 2.11. The molecule has 2 N–H and O–H groups in total. The maximum Gasteiger partial charge on any atom is 0.306 e. The summed E-state index contributed by atoms with van der Waals surface area (Å²) in [6.45, 7) is 1.49. The summed E-state index contributed by atoms with van der Waals surface area (Å²) in [4.78, 5) is 36.0. The number of rotatable bonds is 9. The van der Waals surface area contributed by atoms with Gasteiger partial charge in [-0.3, -0.25) is 14.4 Å². The fourth-order valence-electron chi connectivity index (χ4n) is 2.65. The maximum absolute atomic E-state index is 12.6. The van der Waals surface area contributed by atoms with Gasteiger partial charge in [-0.05, 0) is 17.5 Å². The first kappa shape index (κ1) is 19.4. The summed E-state index contributed by atoms with van der Waals surface area (Å²) >= 11 is 0. The van der Waals surface area contributed by atoms with Gasteiger partial charge in [0.2, 0.25) is 5.91 Å². The van der Waals surface area contributed by atoms with E-state index in [0.29, 0.717) is 6.42 Å². The SMILES string of the molecule is CC(CC(=O)C(Cc1ccccc1)NC(=O)Cc1ccccc1)C(=O)O. The van der Waals surface area contributed by atoms with E-state index in [-0.39, 0.29) is 24.5 Å². The van der Waals surface area contributed by atoms with E-state index < -0.39 is 17.9 Å². The number of carboxylic acid groups (broad SMARTS) is 1. The molecule has 2 atom stereocenters. The second-order valence-corrected chi connectivity index (χ2v) is 6.38. The van der Waals surface area contributed by atoms with Crippen molar-refractivity contribution in [3.63, 3.8) is 0 Å². The fraction of sp³-hybridized carbons (Fsp3) is 0.286. The van der Waals surface area contributed by atoms with Gasteiger partial charge in [-0.2, -0.15) is 0 Å². The zero-order valence-corrected chi connectivity index (χ0v) is 14.7. The van der Waals surface area contributed by atoms with Crippen molar-refractivity contribution in [3.8, 4) is 0 Å². The van der Waals surface area contributed by atoms with E-state index in [1.54, 1.807) is 0 Å². The van der Waals surface area contributed by atoms with Gasteiger partial charge in [-0.25, -0.2) is 0 Å². The van der Waals surface area contributed by atoms with Crippen molar-refractivity contribution >= 4 is 17.7 Å². The van der Waals surface area contributed by atoms with Crippen LogP contribution in [0.2, 0.25) is 0 Å². The molecule has 0 aliphatic rings. The molecule has 5 heteroatoms. The summed E-state index contributed by atoms with van der Waals surface area (Å²) < 4.78 is 0. The standard InChI is InChI=1S/C21H23NO4/c1-15(21(25)26)12-19(23)18(13-16-8-4-2-5-9-16)22-20(24)14-17-10-6-3-7-11-17/h2-11,15,18H,12-14H2,1H3,(H,22,24)(H,25,26). The lowest BCUT2D eigenvalue weighted by molar-refractivity contribution is -0.143. The van der Waals surface area contributed by atoms with Crippen LogP contribution < -0.4 is 5.32 Å². The lowest BCUT2D eigenvalue weighted by Gasteiger charge is -2.19. The van der Waals surface area contributed by atoms with E-state index in [0.717, 1.165) is 11.1 Å². The van der Waals surface area contributed by atoms with Crippen LogP contribution in [0, 0.1) is 5.92 Å². The minimum atomic E-state index is -1.02. The van der Waals surface area contributed by atoms with Crippen molar-refractivity contribution in [1.29, 1.82) is 0 Å². The summed E-state index contributed by atoms with van der Waals surface area (Å²) in [6, 6.07) is 17.9. The molecule has 0 aliphatic heterocycles. The highest BCUT2D eigenvalue weighted by molar-refractivity contribution is 5.91. The summed E-state index contributed by atoms with van der Waals surface area (Å²) in [5.41, 5.74) is 1.77. The summed E-state index contributed by atoms with van der Waals surface area (Å²) in [5.74, 6) is -2.34. The summed E-state index contributed by atoms with van der Waals surface area (Å²) in [6.07, 6.45) is 0.402. The molecule has 2 rings (SSSR count). The van der Waals surface area contributed by atoms with Crippen LogP contribution in [-0.4, -0.2) is 28.8 Å². The average molecular weight is 353 g/mol. The number of ketones is 1. The van der Waals surface area contributed by atoms with Gasteiger partial charge < -0.3 is 10.4 Å². The van der Waals surface area contributed by atoms with E-state index >= 15 is 0 Å². The molecule has 0 aliphatic carbocycles. The Kier molecular flexibility index (Phi) is 7.09. The molecule has 26 heavy (non-hydrogen) atoms. The van der Waals surface area contributed by atoms with Gasteiger partial charge >= 0.3 is 5.97 Å². The predicted octanol–water partition coefficient (Wildman–Crippen LogP) is 2.64. The Morgan fingerprint density at radius 2 is 1.46 bits per heavy atom. The number of nitrogens with one attached hydrogen (secondary N) is 1. The number of Topliss-reactive ketones (excluding diaryl/α,β-unsaturated/α-hetero) is 1. The van der Waals surface area contributed by atoms with Crippen LogP contribution in [0.4, 0.5) is 0 Å². The quantitative estimate of drug-likeness (QED) is 0.726. The molecule has 0 bridgehead atoms. The van der Waals surface area contributed by atoms with Gasteiger partial charge in [0.1, 0.15) is 0 Å². The van der Waals surface area contributed by atoms with E-state index in [4.69, 9.17) is 5.11 Å². The van der Waals surface area contributed by atoms with Crippen LogP contribution in [0.5, 0.6) is 0 Å². The lowest BCUT2D eigenvalue weighted by Crippen LogP contribution is -2.43. The van der Waals surface area contributed by atoms with Crippen LogP contribution >= 0.6 is 0 Å². The molecule has 2 aromatic rings. The van der Waals surface area contributed by atoms with Crippen LogP contribution in [-0.2, 0) is 27.2 Å². The van der Waals surface area contributed by atoms with Crippen LogP contribution in [0.25, 0.3) is 0 Å². The molecule has 0 spiro atoms. The molecule has 0 saturated heterocycles. The molecule has 1 amide bonds. The highest BCUT2D eigenvalue weighted by atomic mass is 16.4. The third kappa shape index (κ3) is 6.16. The number of hydrogen-bond donors (Lipinski definition) is 2. The van der Waals surface area contributed by atoms with Gasteiger partial charge in [-0.1, -0.05) is 67.6 Å². The Balaban J connectivity index is 2.07. The normalized spacial score (nSPS) is 12.8. The number of hydrogen-bond acceptors (Lipinski definition) is 3. The Bertz CT molecular complexity index is 743. The minimum Gasteiger partial charge on any atom is -0.481 e. The monoisotopic (exact) mass is 353 g/mol. The second kappa shape index (κ2) is 9.51. The largest absolute Gasteiger partial charge is 0.481 e. The zero-order chi connectivity index (χ0) is 18.9. The van der Waals surface area contributed by atoms with Gasteiger partial charge in [0.15, 0.2) is 5.78 Å². The molecule has 0 aromatic heterocycles. The van der Waals surface area contributed by atoms with Gasteiger partial charge in [0.05, 0.1) is 18.4 Å². The Hall–Kier alpha value is -2.95. The predicted molar refractivity (Wildman–Crippen MR) is 98.6 cm³/mol. The zero-order valence-electron chi connectivity index (χ0n) is 14.7. The molecule has 0 radical (unpaired) electrons. The first-order valence-electron chi connectivity index (χ1n) is 8.58. The topological polar surface area (TPSA) is 83.5 Å². The van der Waals surface area contributed by atoms with Crippen molar-refractivity contribution in [2.24, 2.45) is 5.92 Å². The van der Waals surface area contributed by atoms with Gasteiger partial charge in [0, 0.05) is 6.42 Å². The van der Waals surface area contributed by atoms with Crippen molar-refractivity contribution < 1.29 is 19.5 Å². The molecule has 0 fully saturated rings. The van der Waals surface area contributed by atoms with Crippen molar-refractivity contribution in [1.82, 2.24) is 5.32 Å². The minimum absolute atomic E-state index is 0.113. The maximum atomic E-state index is 12.6. The third-order valence-corrected chi connectivity index (χ3v) is 4.14. The molecule has 136 valence electrons. The van der Waals surface area contributed by atoms with Gasteiger partial charge in [0.25, 0.3) is 0 Å². The lowest BCUT2D eigenvalue weighted by atomic mass is 9.95. The molecule has 5 nitrogen and oxygen atoms in total. The number of carbonyl (C=O) groups is 3. The Morgan fingerprint density at radius 3 is 2.00 bits per heavy atom. The van der Waals surface area contributed by atoms with Crippen LogP contribution in [0.1, 0.15) is 24.5 Å². The second-order valence-electron chi connectivity index (χ2n) is 6.38. The molecule has 0 saturated carbocycles. The van der Waals surface area contributed by atoms with Crippen molar-refractivity contribution in [3.05, 3.63) is 71.8 Å². The molecule has 0 heterocycles. The number of aliphatic carboxylic acids is 1. The third-order valence-electron chi connectivity index (χ3n) is 4.14. The molecular formula is C21H23NO4. The van der Waals surface area contributed by atoms with E-state index in [2.05, 4.69) is 5.32 Å². The highest BCUT2D eigenvalue weighted by Gasteiger charge is 2.25. The molecule has 2 aromatic carbocycles. The van der Waals surface area contributed by atoms with E-state index in [9.17, 15) is 14.4 Å². The Labute approximate surface area is 153 Å². The van der Waals surface area contributed by atoms with E-state index in [1.165, 1.54) is 6.92 Å². The summed E-state index contributed by atoms with van der Waals surface area (Å²) in [7, 11) is 0. The fourth-order valence-corrected chi connectivity index (χ4v) is 2.65. The van der Waals surface area contributed by atoms with Crippen molar-refractivity contribution in [2.75, 3.05) is 0 Å². The van der Waals surface area contributed by atoms with Crippen LogP contribution in [0.3, 0.4) is 0 Å². The first-order valence-corrected chi connectivity index (χ1v) is 8.58. The van der Waals surface area contributed by atoms with Crippen molar-refractivity contribution in [2.45, 2.75) is 32.2 Å². The summed E-state index contributed by atoms with van der Waals surface area (Å²) in [5, 5.41) is 11.8. The first-order chi connectivity index (χ1) is 12.5. The molecular weight excluding hydrogens is 330 g/mol. The number of benzene rings is 2. The molecule has 2 unspecified atom stereocenters. The number of carbonyl (C=O) groups excluding carboxylic acids is 2. The number of amides is 1. The van der Waals surface area contributed by atoms with Gasteiger partial charge in [-0.15, -0.1) is 0 Å². The number of carboxylic acids is 1. The van der Waals surface area contributed by atoms with Crippen LogP contribution in [0.15, 0.2) is 60.7 Å². The van der Waals surface area contributed by atoms with E-state index in [1.807, 2.05) is 60.7 Å². The Morgan fingerprint density at radius 1 is 0.923 bits per heavy atom. The smallest absolute Gasteiger partial charge is 0.306 e.